The largest absolute Gasteiger partial charge is 0.310 e. The molecule has 0 bridgehead atoms. The molecular formula is C52H35N. The molecule has 1 heteroatoms. The monoisotopic (exact) mass is 673 g/mol. The van der Waals surface area contributed by atoms with Crippen molar-refractivity contribution in [1.29, 1.82) is 0 Å². The van der Waals surface area contributed by atoms with Crippen LogP contribution in [-0.4, -0.2) is 0 Å². The molecule has 0 fully saturated rings. The van der Waals surface area contributed by atoms with Crippen LogP contribution in [0.5, 0.6) is 0 Å². The van der Waals surface area contributed by atoms with Crippen molar-refractivity contribution < 1.29 is 0 Å². The van der Waals surface area contributed by atoms with Gasteiger partial charge in [-0.05, 0) is 125 Å². The lowest BCUT2D eigenvalue weighted by molar-refractivity contribution is 1.29. The number of nitrogens with zero attached hydrogens (tertiary/aromatic N) is 1. The molecular weight excluding hydrogens is 639 g/mol. The molecule has 0 N–H and O–H groups in total. The minimum atomic E-state index is 1.12. The molecule has 0 spiro atoms. The first-order valence-electron chi connectivity index (χ1n) is 18.3. The van der Waals surface area contributed by atoms with Gasteiger partial charge in [0.05, 0.1) is 0 Å². The first-order chi connectivity index (χ1) is 26.3. The third-order valence-electron chi connectivity index (χ3n) is 10.6. The van der Waals surface area contributed by atoms with Gasteiger partial charge in [0.2, 0.25) is 0 Å². The van der Waals surface area contributed by atoms with Gasteiger partial charge in [0.25, 0.3) is 0 Å². The summed E-state index contributed by atoms with van der Waals surface area (Å²) in [7, 11) is 0. The summed E-state index contributed by atoms with van der Waals surface area (Å²) < 4.78 is 0. The van der Waals surface area contributed by atoms with Crippen molar-refractivity contribution in [1.82, 2.24) is 0 Å². The minimum absolute atomic E-state index is 1.12. The Kier molecular flexibility index (Phi) is 7.55. The Balaban J connectivity index is 1.38. The summed E-state index contributed by atoms with van der Waals surface area (Å²) in [5.74, 6) is 0. The minimum Gasteiger partial charge on any atom is -0.310 e. The molecule has 10 rings (SSSR count). The van der Waals surface area contributed by atoms with E-state index in [1.54, 1.807) is 0 Å². The van der Waals surface area contributed by atoms with E-state index in [0.717, 1.165) is 17.1 Å². The molecule has 0 amide bonds. The summed E-state index contributed by atoms with van der Waals surface area (Å²) in [4.78, 5) is 2.36. The summed E-state index contributed by atoms with van der Waals surface area (Å²) in [6, 6.07) is 77.3. The number of fused-ring (bicyclic) bond motifs is 7. The molecule has 0 aliphatic heterocycles. The predicted octanol–water partition coefficient (Wildman–Crippen LogP) is 14.8. The fraction of sp³-hybridized carbons (Fsp3) is 0. The van der Waals surface area contributed by atoms with Crippen LogP contribution in [0.2, 0.25) is 0 Å². The van der Waals surface area contributed by atoms with Gasteiger partial charge in [0.15, 0.2) is 0 Å². The number of para-hydroxylation sites is 2. The van der Waals surface area contributed by atoms with E-state index < -0.39 is 0 Å². The standard InChI is InChI=1S/C52H35N/c1-5-18-37(19-6-1)47-35-48(40-30-29-36-17-13-14-22-39(36)33-40)50(38-20-7-2-8-21-38)52-46-32-31-43(34-49(46)44-27-15-16-28-45(44)51(47)52)53(41-23-9-3-10-24-41)42-25-11-4-12-26-42/h1-35H. The fourth-order valence-electron chi connectivity index (χ4n) is 8.22. The van der Waals surface area contributed by atoms with Gasteiger partial charge >= 0.3 is 0 Å². The normalized spacial score (nSPS) is 11.4. The van der Waals surface area contributed by atoms with Crippen LogP contribution in [0.1, 0.15) is 0 Å². The van der Waals surface area contributed by atoms with Crippen LogP contribution in [0.4, 0.5) is 17.1 Å². The van der Waals surface area contributed by atoms with Gasteiger partial charge in [0, 0.05) is 17.1 Å². The van der Waals surface area contributed by atoms with Crippen LogP contribution in [0.25, 0.3) is 76.5 Å². The average Bonchev–Trinajstić information content (AvgIpc) is 3.24. The highest BCUT2D eigenvalue weighted by molar-refractivity contribution is 6.33. The van der Waals surface area contributed by atoms with E-state index in [1.807, 2.05) is 0 Å². The van der Waals surface area contributed by atoms with Gasteiger partial charge in [-0.2, -0.15) is 0 Å². The number of hydrogen-bond acceptors (Lipinski definition) is 1. The molecule has 0 unspecified atom stereocenters. The van der Waals surface area contributed by atoms with Crippen molar-refractivity contribution in [3.8, 4) is 33.4 Å². The molecule has 10 aromatic rings. The van der Waals surface area contributed by atoms with Gasteiger partial charge in [-0.25, -0.2) is 0 Å². The van der Waals surface area contributed by atoms with E-state index in [0.29, 0.717) is 0 Å². The summed E-state index contributed by atoms with van der Waals surface area (Å²) in [6.07, 6.45) is 0. The lowest BCUT2D eigenvalue weighted by Gasteiger charge is -2.27. The molecule has 1 nitrogen and oxygen atoms in total. The van der Waals surface area contributed by atoms with Crippen molar-refractivity contribution in [2.75, 3.05) is 4.90 Å². The SMILES string of the molecule is c1ccc(-c2cc(-c3ccc4ccccc4c3)c(-c3ccccc3)c3c4ccc(N(c5ccccc5)c5ccccc5)cc4c4ccccc4c23)cc1. The van der Waals surface area contributed by atoms with Crippen molar-refractivity contribution in [2.45, 2.75) is 0 Å². The van der Waals surface area contributed by atoms with E-state index in [-0.39, 0.29) is 0 Å². The summed E-state index contributed by atoms with van der Waals surface area (Å²) in [5, 5.41) is 9.99. The highest BCUT2D eigenvalue weighted by Crippen LogP contribution is 2.50. The fourth-order valence-corrected chi connectivity index (χ4v) is 8.22. The summed E-state index contributed by atoms with van der Waals surface area (Å²) in [6.45, 7) is 0. The van der Waals surface area contributed by atoms with Gasteiger partial charge in [0.1, 0.15) is 0 Å². The van der Waals surface area contributed by atoms with Crippen LogP contribution in [0.3, 0.4) is 0 Å². The highest BCUT2D eigenvalue weighted by atomic mass is 15.1. The Morgan fingerprint density at radius 3 is 1.49 bits per heavy atom. The third kappa shape index (κ3) is 5.34. The van der Waals surface area contributed by atoms with E-state index in [9.17, 15) is 0 Å². The van der Waals surface area contributed by atoms with Crippen LogP contribution < -0.4 is 4.90 Å². The van der Waals surface area contributed by atoms with E-state index in [1.165, 1.54) is 76.5 Å². The van der Waals surface area contributed by atoms with Gasteiger partial charge in [-0.15, -0.1) is 0 Å². The second kappa shape index (κ2) is 13.0. The van der Waals surface area contributed by atoms with Crippen LogP contribution >= 0.6 is 0 Å². The summed E-state index contributed by atoms with van der Waals surface area (Å²) >= 11 is 0. The van der Waals surface area contributed by atoms with Gasteiger partial charge in [-0.1, -0.05) is 164 Å². The molecule has 248 valence electrons. The first kappa shape index (κ1) is 30.8. The molecule has 10 aromatic carbocycles. The Morgan fingerprint density at radius 1 is 0.264 bits per heavy atom. The van der Waals surface area contributed by atoms with Crippen LogP contribution in [0.15, 0.2) is 212 Å². The molecule has 0 aliphatic rings. The van der Waals surface area contributed by atoms with E-state index in [4.69, 9.17) is 0 Å². The Bertz CT molecular complexity index is 2880. The zero-order chi connectivity index (χ0) is 35.1. The molecule has 0 saturated heterocycles. The molecule has 0 saturated carbocycles. The Morgan fingerprint density at radius 2 is 0.811 bits per heavy atom. The number of anilines is 3. The van der Waals surface area contributed by atoms with E-state index >= 15 is 0 Å². The van der Waals surface area contributed by atoms with Crippen molar-refractivity contribution >= 4 is 60.2 Å². The molecule has 0 aromatic heterocycles. The van der Waals surface area contributed by atoms with Crippen molar-refractivity contribution in [3.63, 3.8) is 0 Å². The first-order valence-corrected chi connectivity index (χ1v) is 18.3. The average molecular weight is 674 g/mol. The zero-order valence-corrected chi connectivity index (χ0v) is 29.2. The van der Waals surface area contributed by atoms with Gasteiger partial charge in [-0.3, -0.25) is 0 Å². The van der Waals surface area contributed by atoms with Crippen LogP contribution in [0, 0.1) is 0 Å². The molecule has 0 atom stereocenters. The molecule has 0 heterocycles. The lowest BCUT2D eigenvalue weighted by atomic mass is 9.81. The predicted molar refractivity (Wildman–Crippen MR) is 227 cm³/mol. The second-order valence-corrected chi connectivity index (χ2v) is 13.7. The number of hydrogen-bond donors (Lipinski definition) is 0. The maximum atomic E-state index is 2.45. The van der Waals surface area contributed by atoms with Crippen molar-refractivity contribution in [3.05, 3.63) is 212 Å². The lowest BCUT2D eigenvalue weighted by Crippen LogP contribution is -2.09. The van der Waals surface area contributed by atoms with E-state index in [2.05, 4.69) is 217 Å². The number of rotatable bonds is 6. The maximum Gasteiger partial charge on any atom is 0.0468 e. The Labute approximate surface area is 309 Å². The molecule has 53 heavy (non-hydrogen) atoms. The third-order valence-corrected chi connectivity index (χ3v) is 10.6. The zero-order valence-electron chi connectivity index (χ0n) is 29.2. The highest BCUT2D eigenvalue weighted by Gasteiger charge is 2.23. The maximum absolute atomic E-state index is 2.45. The Hall–Kier alpha value is -6.96. The topological polar surface area (TPSA) is 3.24 Å². The summed E-state index contributed by atoms with van der Waals surface area (Å²) in [5.41, 5.74) is 10.7. The quantitative estimate of drug-likeness (QED) is 0.159. The second-order valence-electron chi connectivity index (χ2n) is 13.7. The van der Waals surface area contributed by atoms with Gasteiger partial charge < -0.3 is 4.90 Å². The smallest absolute Gasteiger partial charge is 0.0468 e. The van der Waals surface area contributed by atoms with Crippen LogP contribution in [-0.2, 0) is 0 Å². The molecule has 0 aliphatic carbocycles. The molecule has 0 radical (unpaired) electrons. The van der Waals surface area contributed by atoms with Crippen molar-refractivity contribution in [2.24, 2.45) is 0 Å². The number of benzene rings is 10.